The highest BCUT2D eigenvalue weighted by molar-refractivity contribution is 9.10. The highest BCUT2D eigenvalue weighted by atomic mass is 79.9. The topological polar surface area (TPSA) is 55.4 Å². The molecule has 1 aromatic rings. The number of nitrogens with one attached hydrogen (secondary N) is 1. The van der Waals surface area contributed by atoms with Crippen LogP contribution in [0.25, 0.3) is 6.08 Å². The summed E-state index contributed by atoms with van der Waals surface area (Å²) < 4.78 is 19.1. The highest BCUT2D eigenvalue weighted by Crippen LogP contribution is 2.16. The van der Waals surface area contributed by atoms with E-state index in [0.717, 1.165) is 6.08 Å². The van der Waals surface area contributed by atoms with Gasteiger partial charge in [-0.3, -0.25) is 4.79 Å². The lowest BCUT2D eigenvalue weighted by Crippen LogP contribution is -2.39. The third kappa shape index (κ3) is 6.08. The number of rotatable bonds is 5. The molecule has 4 nitrogen and oxygen atoms in total. The molecule has 1 N–H and O–H groups in total. The number of benzene rings is 1. The molecule has 1 atom stereocenters. The number of hydrogen-bond acceptors (Lipinski definition) is 3. The Bertz CT molecular complexity index is 558. The highest BCUT2D eigenvalue weighted by Gasteiger charge is 2.16. The molecule has 0 aromatic heterocycles. The van der Waals surface area contributed by atoms with E-state index in [1.54, 1.807) is 6.07 Å². The van der Waals surface area contributed by atoms with Crippen LogP contribution in [0, 0.1) is 5.82 Å². The maximum Gasteiger partial charge on any atom is 0.331 e. The molecule has 0 saturated carbocycles. The normalized spacial score (nSPS) is 12.5. The van der Waals surface area contributed by atoms with Crippen molar-refractivity contribution in [2.75, 3.05) is 0 Å². The maximum atomic E-state index is 13.5. The van der Waals surface area contributed by atoms with Gasteiger partial charge in [0, 0.05) is 22.2 Å². The smallest absolute Gasteiger partial charge is 0.331 e. The van der Waals surface area contributed by atoms with E-state index >= 15 is 0 Å². The number of halogens is 2. The van der Waals surface area contributed by atoms with E-state index in [1.165, 1.54) is 25.1 Å². The molecule has 114 valence electrons. The van der Waals surface area contributed by atoms with Crippen molar-refractivity contribution in [2.24, 2.45) is 0 Å². The molecule has 1 amide bonds. The Morgan fingerprint density at radius 1 is 1.33 bits per heavy atom. The van der Waals surface area contributed by atoms with Crippen molar-refractivity contribution < 1.29 is 18.7 Å². The van der Waals surface area contributed by atoms with E-state index in [1.807, 2.05) is 13.8 Å². The molecule has 0 aliphatic heterocycles. The van der Waals surface area contributed by atoms with Gasteiger partial charge in [-0.25, -0.2) is 9.18 Å². The molecule has 0 aliphatic rings. The van der Waals surface area contributed by atoms with Crippen LogP contribution >= 0.6 is 15.9 Å². The minimum Gasteiger partial charge on any atom is -0.449 e. The van der Waals surface area contributed by atoms with Gasteiger partial charge in [0.05, 0.1) is 0 Å². The number of ether oxygens (including phenoxy) is 1. The lowest BCUT2D eigenvalue weighted by molar-refractivity contribution is -0.150. The molecule has 0 saturated heterocycles. The molecule has 1 aromatic carbocycles. The summed E-state index contributed by atoms with van der Waals surface area (Å²) in [6, 6.07) is 4.34. The summed E-state index contributed by atoms with van der Waals surface area (Å²) in [6.45, 7) is 5.09. The van der Waals surface area contributed by atoms with E-state index in [9.17, 15) is 14.0 Å². The van der Waals surface area contributed by atoms with Gasteiger partial charge in [0.25, 0.3) is 5.91 Å². The van der Waals surface area contributed by atoms with Crippen LogP contribution in [-0.2, 0) is 14.3 Å². The Hall–Kier alpha value is -1.69. The van der Waals surface area contributed by atoms with Crippen molar-refractivity contribution in [1.82, 2.24) is 5.32 Å². The zero-order valence-corrected chi connectivity index (χ0v) is 13.6. The molecule has 1 unspecified atom stereocenters. The largest absolute Gasteiger partial charge is 0.449 e. The fourth-order valence-electron chi connectivity index (χ4n) is 1.47. The van der Waals surface area contributed by atoms with E-state index in [-0.39, 0.29) is 17.5 Å². The molecule has 1 rings (SSSR count). The first-order chi connectivity index (χ1) is 9.79. The number of carbonyl (C=O) groups is 2. The predicted octanol–water partition coefficient (Wildman–Crippen LogP) is 3.06. The van der Waals surface area contributed by atoms with E-state index in [0.29, 0.717) is 4.47 Å². The molecular weight excluding hydrogens is 341 g/mol. The Morgan fingerprint density at radius 2 is 2.00 bits per heavy atom. The van der Waals surface area contributed by atoms with E-state index in [4.69, 9.17) is 4.74 Å². The minimum absolute atomic E-state index is 0.0371. The lowest BCUT2D eigenvalue weighted by Gasteiger charge is -2.14. The van der Waals surface area contributed by atoms with Gasteiger partial charge in [-0.15, -0.1) is 0 Å². The van der Waals surface area contributed by atoms with Crippen LogP contribution in [0.1, 0.15) is 26.3 Å². The monoisotopic (exact) mass is 357 g/mol. The van der Waals surface area contributed by atoms with Gasteiger partial charge < -0.3 is 10.1 Å². The van der Waals surface area contributed by atoms with E-state index < -0.39 is 17.9 Å². The first-order valence-corrected chi connectivity index (χ1v) is 7.23. The maximum absolute atomic E-state index is 13.5. The van der Waals surface area contributed by atoms with Crippen LogP contribution in [0.2, 0.25) is 0 Å². The van der Waals surface area contributed by atoms with Gasteiger partial charge in [0.2, 0.25) is 0 Å². The number of hydrogen-bond donors (Lipinski definition) is 1. The van der Waals surface area contributed by atoms with Gasteiger partial charge in [0.15, 0.2) is 6.10 Å². The van der Waals surface area contributed by atoms with Crippen LogP contribution < -0.4 is 5.32 Å². The zero-order chi connectivity index (χ0) is 16.0. The second kappa shape index (κ2) is 7.93. The standard InChI is InChI=1S/C15H17BrFNO3/c1-9(2)18-15(20)10(3)21-14(19)7-4-11-8-12(16)5-6-13(11)17/h4-10H,1-3H3,(H,18,20)/b7-4+. The number of amides is 1. The third-order valence-corrected chi connectivity index (χ3v) is 2.94. The number of carbonyl (C=O) groups excluding carboxylic acids is 2. The van der Waals surface area contributed by atoms with Crippen molar-refractivity contribution >= 4 is 33.9 Å². The molecule has 0 bridgehead atoms. The fraction of sp³-hybridized carbons (Fsp3) is 0.333. The molecule has 21 heavy (non-hydrogen) atoms. The van der Waals surface area contributed by atoms with Gasteiger partial charge in [-0.2, -0.15) is 0 Å². The van der Waals surface area contributed by atoms with Crippen molar-refractivity contribution in [3.8, 4) is 0 Å². The fourth-order valence-corrected chi connectivity index (χ4v) is 1.85. The summed E-state index contributed by atoms with van der Waals surface area (Å²) >= 11 is 3.22. The Labute approximate surface area is 131 Å². The molecule has 0 fully saturated rings. The summed E-state index contributed by atoms with van der Waals surface area (Å²) in [5.74, 6) is -1.53. The summed E-state index contributed by atoms with van der Waals surface area (Å²) in [6.07, 6.45) is 1.48. The predicted molar refractivity (Wildman–Crippen MR) is 82.0 cm³/mol. The van der Waals surface area contributed by atoms with Crippen molar-refractivity contribution in [3.63, 3.8) is 0 Å². The van der Waals surface area contributed by atoms with Gasteiger partial charge >= 0.3 is 5.97 Å². The molecular formula is C15H17BrFNO3. The molecule has 0 radical (unpaired) electrons. The quantitative estimate of drug-likeness (QED) is 0.650. The van der Waals surface area contributed by atoms with Crippen molar-refractivity contribution in [3.05, 3.63) is 40.1 Å². The summed E-state index contributed by atoms with van der Waals surface area (Å²) in [5.41, 5.74) is 0.251. The minimum atomic E-state index is -0.906. The lowest BCUT2D eigenvalue weighted by atomic mass is 10.2. The summed E-state index contributed by atoms with van der Waals surface area (Å²) in [7, 11) is 0. The molecule has 6 heteroatoms. The summed E-state index contributed by atoms with van der Waals surface area (Å²) in [5, 5.41) is 2.63. The van der Waals surface area contributed by atoms with Gasteiger partial charge in [0.1, 0.15) is 5.82 Å². The van der Waals surface area contributed by atoms with Crippen molar-refractivity contribution in [2.45, 2.75) is 32.9 Å². The van der Waals surface area contributed by atoms with Gasteiger partial charge in [-0.05, 0) is 45.0 Å². The first kappa shape index (κ1) is 17.4. The average Bonchev–Trinajstić information content (AvgIpc) is 2.39. The van der Waals surface area contributed by atoms with Crippen LogP contribution in [0.15, 0.2) is 28.7 Å². The second-order valence-electron chi connectivity index (χ2n) is 4.74. The Morgan fingerprint density at radius 3 is 2.62 bits per heavy atom. The third-order valence-electron chi connectivity index (χ3n) is 2.45. The average molecular weight is 358 g/mol. The second-order valence-corrected chi connectivity index (χ2v) is 5.66. The van der Waals surface area contributed by atoms with Crippen molar-refractivity contribution in [1.29, 1.82) is 0 Å². The number of esters is 1. The van der Waals surface area contributed by atoms with Crippen LogP contribution in [0.3, 0.4) is 0 Å². The Kier molecular flexibility index (Phi) is 6.55. The van der Waals surface area contributed by atoms with E-state index in [2.05, 4.69) is 21.2 Å². The zero-order valence-electron chi connectivity index (χ0n) is 12.0. The molecule has 0 spiro atoms. The summed E-state index contributed by atoms with van der Waals surface area (Å²) in [4.78, 5) is 23.2. The van der Waals surface area contributed by atoms with Gasteiger partial charge in [-0.1, -0.05) is 15.9 Å². The van der Waals surface area contributed by atoms with Crippen LogP contribution in [-0.4, -0.2) is 24.0 Å². The SMILES string of the molecule is CC(C)NC(=O)C(C)OC(=O)/C=C/c1cc(Br)ccc1F. The van der Waals surface area contributed by atoms with Crippen LogP contribution in [0.4, 0.5) is 4.39 Å². The molecule has 0 aliphatic carbocycles. The first-order valence-electron chi connectivity index (χ1n) is 6.43. The van der Waals surface area contributed by atoms with Crippen LogP contribution in [0.5, 0.6) is 0 Å². The molecule has 0 heterocycles. The Balaban J connectivity index is 2.63.